The molecule has 1 unspecified atom stereocenters. The van der Waals surface area contributed by atoms with E-state index in [1.807, 2.05) is 0 Å². The van der Waals surface area contributed by atoms with Gasteiger partial charge < -0.3 is 10.5 Å². The van der Waals surface area contributed by atoms with Gasteiger partial charge in [0.05, 0.1) is 7.11 Å². The number of hydrogen-bond donors (Lipinski definition) is 1. The number of ether oxygens (including phenoxy) is 1. The predicted molar refractivity (Wildman–Crippen MR) is 53.2 cm³/mol. The lowest BCUT2D eigenvalue weighted by molar-refractivity contribution is -0.141. The Bertz CT molecular complexity index is 161. The third-order valence-corrected chi connectivity index (χ3v) is 1.92. The molecule has 0 radical (unpaired) electrons. The molecule has 0 aromatic carbocycles. The molecule has 1 atom stereocenters. The van der Waals surface area contributed by atoms with E-state index in [-0.39, 0.29) is 17.3 Å². The summed E-state index contributed by atoms with van der Waals surface area (Å²) < 4.78 is 4.60. The van der Waals surface area contributed by atoms with E-state index >= 15 is 0 Å². The first-order valence-corrected chi connectivity index (χ1v) is 4.66. The van der Waals surface area contributed by atoms with E-state index < -0.39 is 0 Å². The Balaban J connectivity index is 3.97. The molecule has 0 spiro atoms. The predicted octanol–water partition coefficient (Wildman–Crippen LogP) is 1.56. The Morgan fingerprint density at radius 1 is 1.46 bits per heavy atom. The monoisotopic (exact) mass is 187 g/mol. The molecule has 78 valence electrons. The molecule has 0 heterocycles. The van der Waals surface area contributed by atoms with Crippen LogP contribution in [-0.4, -0.2) is 19.6 Å². The van der Waals surface area contributed by atoms with Crippen molar-refractivity contribution in [3.05, 3.63) is 0 Å². The van der Waals surface area contributed by atoms with E-state index in [1.54, 1.807) is 0 Å². The van der Waals surface area contributed by atoms with Crippen LogP contribution in [0.3, 0.4) is 0 Å². The van der Waals surface area contributed by atoms with Crippen LogP contribution in [0.4, 0.5) is 0 Å². The van der Waals surface area contributed by atoms with Gasteiger partial charge in [-0.15, -0.1) is 0 Å². The molecule has 0 aliphatic rings. The minimum absolute atomic E-state index is 0.167. The molecule has 0 aliphatic carbocycles. The fourth-order valence-corrected chi connectivity index (χ4v) is 1.42. The van der Waals surface area contributed by atoms with Crippen molar-refractivity contribution in [2.45, 2.75) is 33.6 Å². The number of hydrogen-bond acceptors (Lipinski definition) is 3. The molecular weight excluding hydrogens is 166 g/mol. The molecule has 0 saturated heterocycles. The van der Waals surface area contributed by atoms with Crippen molar-refractivity contribution in [1.29, 1.82) is 0 Å². The Kier molecular flexibility index (Phi) is 4.99. The average Bonchev–Trinajstić information content (AvgIpc) is 2.00. The van der Waals surface area contributed by atoms with Crippen molar-refractivity contribution in [3.8, 4) is 0 Å². The SMILES string of the molecule is COC(=O)CC(CN)CC(C)(C)C. The lowest BCUT2D eigenvalue weighted by atomic mass is 9.83. The first kappa shape index (κ1) is 12.4. The summed E-state index contributed by atoms with van der Waals surface area (Å²) in [5.74, 6) is 0.0761. The molecule has 0 saturated carbocycles. The Hall–Kier alpha value is -0.570. The highest BCUT2D eigenvalue weighted by Crippen LogP contribution is 2.25. The van der Waals surface area contributed by atoms with Crippen LogP contribution < -0.4 is 5.73 Å². The van der Waals surface area contributed by atoms with E-state index in [0.717, 1.165) is 6.42 Å². The van der Waals surface area contributed by atoms with Gasteiger partial charge in [-0.05, 0) is 24.3 Å². The summed E-state index contributed by atoms with van der Waals surface area (Å²) in [5.41, 5.74) is 5.80. The molecule has 2 N–H and O–H groups in total. The van der Waals surface area contributed by atoms with Gasteiger partial charge in [-0.3, -0.25) is 4.79 Å². The molecule has 0 rings (SSSR count). The highest BCUT2D eigenvalue weighted by Gasteiger charge is 2.20. The average molecular weight is 187 g/mol. The van der Waals surface area contributed by atoms with E-state index in [1.165, 1.54) is 7.11 Å². The number of methoxy groups -OCH3 is 1. The summed E-state index contributed by atoms with van der Waals surface area (Å²) in [6, 6.07) is 0. The van der Waals surface area contributed by atoms with Crippen molar-refractivity contribution in [2.75, 3.05) is 13.7 Å². The van der Waals surface area contributed by atoms with Crippen molar-refractivity contribution in [1.82, 2.24) is 0 Å². The maximum atomic E-state index is 11.0. The Labute approximate surface area is 80.6 Å². The first-order chi connectivity index (χ1) is 5.89. The maximum absolute atomic E-state index is 11.0. The molecule has 0 bridgehead atoms. The van der Waals surface area contributed by atoms with Crippen LogP contribution in [0.25, 0.3) is 0 Å². The quantitative estimate of drug-likeness (QED) is 0.679. The zero-order chi connectivity index (χ0) is 10.5. The van der Waals surface area contributed by atoms with Crippen LogP contribution in [0, 0.1) is 11.3 Å². The second-order valence-corrected chi connectivity index (χ2v) is 4.65. The molecule has 0 aromatic rings. The van der Waals surface area contributed by atoms with Crippen LogP contribution in [0.2, 0.25) is 0 Å². The topological polar surface area (TPSA) is 52.3 Å². The normalized spacial score (nSPS) is 13.9. The van der Waals surface area contributed by atoms with E-state index in [9.17, 15) is 4.79 Å². The van der Waals surface area contributed by atoms with Gasteiger partial charge in [-0.2, -0.15) is 0 Å². The summed E-state index contributed by atoms with van der Waals surface area (Å²) >= 11 is 0. The van der Waals surface area contributed by atoms with Crippen molar-refractivity contribution in [2.24, 2.45) is 17.1 Å². The van der Waals surface area contributed by atoms with Crippen LogP contribution >= 0.6 is 0 Å². The van der Waals surface area contributed by atoms with Gasteiger partial charge >= 0.3 is 5.97 Å². The summed E-state index contributed by atoms with van der Waals surface area (Å²) in [6.45, 7) is 6.99. The maximum Gasteiger partial charge on any atom is 0.305 e. The molecule has 0 fully saturated rings. The van der Waals surface area contributed by atoms with Gasteiger partial charge in [0.25, 0.3) is 0 Å². The van der Waals surface area contributed by atoms with Crippen molar-refractivity contribution in [3.63, 3.8) is 0 Å². The molecule has 13 heavy (non-hydrogen) atoms. The minimum atomic E-state index is -0.167. The number of nitrogens with two attached hydrogens (primary N) is 1. The first-order valence-electron chi connectivity index (χ1n) is 4.66. The molecule has 0 amide bonds. The Morgan fingerprint density at radius 3 is 2.31 bits per heavy atom. The van der Waals surface area contributed by atoms with E-state index in [0.29, 0.717) is 13.0 Å². The van der Waals surface area contributed by atoms with E-state index in [4.69, 9.17) is 5.73 Å². The summed E-state index contributed by atoms with van der Waals surface area (Å²) in [4.78, 5) is 11.0. The molecule has 3 nitrogen and oxygen atoms in total. The van der Waals surface area contributed by atoms with Crippen LogP contribution in [0.5, 0.6) is 0 Å². The zero-order valence-corrected chi connectivity index (χ0v) is 9.09. The third-order valence-electron chi connectivity index (χ3n) is 1.92. The van der Waals surface area contributed by atoms with Crippen LogP contribution in [0.1, 0.15) is 33.6 Å². The van der Waals surface area contributed by atoms with Crippen LogP contribution in [-0.2, 0) is 9.53 Å². The molecule has 3 heteroatoms. The number of carbonyl (C=O) groups excluding carboxylic acids is 1. The third kappa shape index (κ3) is 6.58. The number of carbonyl (C=O) groups is 1. The minimum Gasteiger partial charge on any atom is -0.469 e. The van der Waals surface area contributed by atoms with Gasteiger partial charge in [0, 0.05) is 6.42 Å². The second-order valence-electron chi connectivity index (χ2n) is 4.65. The van der Waals surface area contributed by atoms with Crippen molar-refractivity contribution >= 4 is 5.97 Å². The summed E-state index contributed by atoms with van der Waals surface area (Å²) in [7, 11) is 1.41. The lowest BCUT2D eigenvalue weighted by Crippen LogP contribution is -2.23. The highest BCUT2D eigenvalue weighted by molar-refractivity contribution is 5.69. The van der Waals surface area contributed by atoms with Gasteiger partial charge in [0.2, 0.25) is 0 Å². The lowest BCUT2D eigenvalue weighted by Gasteiger charge is -2.24. The van der Waals surface area contributed by atoms with Gasteiger partial charge in [0.1, 0.15) is 0 Å². The molecule has 0 aromatic heterocycles. The van der Waals surface area contributed by atoms with Gasteiger partial charge in [-0.25, -0.2) is 0 Å². The molecular formula is C10H21NO2. The highest BCUT2D eigenvalue weighted by atomic mass is 16.5. The fourth-order valence-electron chi connectivity index (χ4n) is 1.42. The van der Waals surface area contributed by atoms with Gasteiger partial charge in [-0.1, -0.05) is 20.8 Å². The number of esters is 1. The van der Waals surface area contributed by atoms with E-state index in [2.05, 4.69) is 25.5 Å². The van der Waals surface area contributed by atoms with Crippen molar-refractivity contribution < 1.29 is 9.53 Å². The smallest absolute Gasteiger partial charge is 0.305 e. The number of rotatable bonds is 4. The molecule has 0 aliphatic heterocycles. The zero-order valence-electron chi connectivity index (χ0n) is 9.09. The Morgan fingerprint density at radius 2 is 2.00 bits per heavy atom. The largest absolute Gasteiger partial charge is 0.469 e. The standard InChI is InChI=1S/C10H21NO2/c1-10(2,3)6-8(7-11)5-9(12)13-4/h8H,5-7,11H2,1-4H3. The summed E-state index contributed by atoms with van der Waals surface area (Å²) in [5, 5.41) is 0. The van der Waals surface area contributed by atoms with Crippen LogP contribution in [0.15, 0.2) is 0 Å². The fraction of sp³-hybridized carbons (Fsp3) is 0.900. The summed E-state index contributed by atoms with van der Waals surface area (Å²) in [6.07, 6.45) is 1.39. The second kappa shape index (κ2) is 5.22. The van der Waals surface area contributed by atoms with Gasteiger partial charge in [0.15, 0.2) is 0 Å².